The van der Waals surface area contributed by atoms with E-state index in [-0.39, 0.29) is 23.6 Å². The number of allylic oxidation sites excluding steroid dienone is 2. The van der Waals surface area contributed by atoms with Crippen molar-refractivity contribution in [1.29, 1.82) is 0 Å². The van der Waals surface area contributed by atoms with E-state index >= 15 is 0 Å². The number of rotatable bonds is 5. The average molecular weight is 591 g/mol. The zero-order valence-corrected chi connectivity index (χ0v) is 21.9. The maximum atomic E-state index is 12.5. The van der Waals surface area contributed by atoms with Crippen LogP contribution in [0, 0.1) is 0 Å². The summed E-state index contributed by atoms with van der Waals surface area (Å²) in [5.41, 5.74) is 1.87. The fourth-order valence-electron chi connectivity index (χ4n) is 2.95. The van der Waals surface area contributed by atoms with Crippen molar-refractivity contribution in [2.45, 2.75) is 20.3 Å². The van der Waals surface area contributed by atoms with Crippen molar-refractivity contribution >= 4 is 71.7 Å². The summed E-state index contributed by atoms with van der Waals surface area (Å²) in [5.74, 6) is -0.890. The lowest BCUT2D eigenvalue weighted by Crippen LogP contribution is -2.15. The Kier molecular flexibility index (Phi) is 8.66. The summed E-state index contributed by atoms with van der Waals surface area (Å²) < 4.78 is 7.76. The van der Waals surface area contributed by atoms with E-state index in [1.54, 1.807) is 5.38 Å². The molecule has 2 aromatic carbocycles. The average Bonchev–Trinajstić information content (AvgIpc) is 3.38. The van der Waals surface area contributed by atoms with Gasteiger partial charge in [0.15, 0.2) is 0 Å². The number of carbonyl (C=O) groups excluding carboxylic acids is 1. The first-order valence-electron chi connectivity index (χ1n) is 9.95. The molecule has 5 nitrogen and oxygen atoms in total. The van der Waals surface area contributed by atoms with Crippen LogP contribution in [0.3, 0.4) is 0 Å². The van der Waals surface area contributed by atoms with Crippen LogP contribution in [0.1, 0.15) is 30.0 Å². The summed E-state index contributed by atoms with van der Waals surface area (Å²) in [5, 5.41) is 15.0. The third-order valence-electron chi connectivity index (χ3n) is 4.59. The number of benzene rings is 2. The highest BCUT2D eigenvalue weighted by atomic mass is 79.9. The molecular formula is C25H21Br2NO4S. The molecule has 170 valence electrons. The molecule has 1 amide bonds. The topological polar surface area (TPSA) is 79.5 Å². The summed E-state index contributed by atoms with van der Waals surface area (Å²) in [7, 11) is 0. The number of para-hydroxylation sites is 1. The quantitative estimate of drug-likeness (QED) is 0.246. The van der Waals surface area contributed by atoms with E-state index in [9.17, 15) is 14.7 Å². The molecule has 0 bridgehead atoms. The van der Waals surface area contributed by atoms with E-state index in [2.05, 4.69) is 37.2 Å². The van der Waals surface area contributed by atoms with Gasteiger partial charge in [-0.3, -0.25) is 4.79 Å². The Balaban J connectivity index is 0.000000555. The van der Waals surface area contributed by atoms with Crippen molar-refractivity contribution < 1.29 is 19.1 Å². The van der Waals surface area contributed by atoms with Gasteiger partial charge in [-0.15, -0.1) is 11.3 Å². The number of anilines is 1. The van der Waals surface area contributed by atoms with Crippen molar-refractivity contribution in [1.82, 2.24) is 0 Å². The van der Waals surface area contributed by atoms with Crippen LogP contribution in [-0.2, 0) is 11.2 Å². The van der Waals surface area contributed by atoms with Gasteiger partial charge in [-0.05, 0) is 48.2 Å². The Morgan fingerprint density at radius 1 is 1.15 bits per heavy atom. The van der Waals surface area contributed by atoms with Crippen LogP contribution in [-0.4, -0.2) is 17.0 Å². The molecule has 0 fully saturated rings. The van der Waals surface area contributed by atoms with E-state index in [1.807, 2.05) is 74.5 Å². The minimum Gasteiger partial charge on any atom is -0.478 e. The Morgan fingerprint density at radius 3 is 2.42 bits per heavy atom. The lowest BCUT2D eigenvalue weighted by molar-refractivity contribution is -0.115. The van der Waals surface area contributed by atoms with Crippen LogP contribution in [0.5, 0.6) is 0 Å². The summed E-state index contributed by atoms with van der Waals surface area (Å²) in [6.45, 7) is 3.99. The molecule has 8 heteroatoms. The van der Waals surface area contributed by atoms with E-state index in [0.29, 0.717) is 16.2 Å². The van der Waals surface area contributed by atoms with E-state index in [0.717, 1.165) is 15.4 Å². The van der Waals surface area contributed by atoms with Crippen LogP contribution >= 0.6 is 43.2 Å². The van der Waals surface area contributed by atoms with Gasteiger partial charge in [0.25, 0.3) is 0 Å². The van der Waals surface area contributed by atoms with Crippen molar-refractivity contribution in [2.75, 3.05) is 5.32 Å². The molecule has 2 aromatic heterocycles. The van der Waals surface area contributed by atoms with Crippen LogP contribution in [0.15, 0.2) is 79.4 Å². The summed E-state index contributed by atoms with van der Waals surface area (Å²) in [4.78, 5) is 24.9. The minimum absolute atomic E-state index is 0.0250. The van der Waals surface area contributed by atoms with Gasteiger partial charge in [0.05, 0.1) is 17.0 Å². The Labute approximate surface area is 212 Å². The third-order valence-corrected chi connectivity index (χ3v) is 6.61. The molecule has 0 aliphatic carbocycles. The van der Waals surface area contributed by atoms with Gasteiger partial charge >= 0.3 is 5.97 Å². The summed E-state index contributed by atoms with van der Waals surface area (Å²) in [6.07, 6.45) is 2.03. The number of carbonyl (C=O) groups is 2. The first kappa shape index (κ1) is 25.0. The largest absolute Gasteiger partial charge is 0.478 e. The second-order valence-electron chi connectivity index (χ2n) is 7.02. The molecule has 0 saturated carbocycles. The van der Waals surface area contributed by atoms with Gasteiger partial charge in [0, 0.05) is 15.2 Å². The number of hydrogen-bond donors (Lipinski definition) is 2. The summed E-state index contributed by atoms with van der Waals surface area (Å²) in [6, 6.07) is 16.7. The third kappa shape index (κ3) is 6.66. The first-order valence-corrected chi connectivity index (χ1v) is 12.4. The van der Waals surface area contributed by atoms with Crippen LogP contribution in [0.25, 0.3) is 21.4 Å². The monoisotopic (exact) mass is 589 g/mol. The molecule has 2 heterocycles. The Bertz CT molecular complexity index is 1270. The van der Waals surface area contributed by atoms with Gasteiger partial charge in [-0.1, -0.05) is 68.3 Å². The second-order valence-corrected chi connectivity index (χ2v) is 10.1. The predicted molar refractivity (Wildman–Crippen MR) is 141 cm³/mol. The van der Waals surface area contributed by atoms with E-state index < -0.39 is 5.97 Å². The van der Waals surface area contributed by atoms with Gasteiger partial charge in [-0.25, -0.2) is 4.79 Å². The van der Waals surface area contributed by atoms with E-state index in [1.165, 1.54) is 15.8 Å². The van der Waals surface area contributed by atoms with Crippen LogP contribution < -0.4 is 5.32 Å². The highest BCUT2D eigenvalue weighted by molar-refractivity contribution is 9.11. The number of aromatic carboxylic acids is 1. The Hall–Kier alpha value is -2.68. The molecule has 0 atom stereocenters. The standard InChI is InChI=1S/C21H14BrNO4S.C4H7Br/c22-14-7-5-12(6-8-14)20-19(21(25)26)16(11-28-20)23-18(24)10-15-9-13-3-1-2-4-17(13)27-15;1-3-4(2)5/h1-9,11H,10H2,(H,23,24)(H,25,26);3H,1-2H3/b;4-3+. The summed E-state index contributed by atoms with van der Waals surface area (Å²) >= 11 is 7.88. The van der Waals surface area contributed by atoms with Gasteiger partial charge in [0.2, 0.25) is 5.91 Å². The maximum Gasteiger partial charge on any atom is 0.339 e. The highest BCUT2D eigenvalue weighted by Crippen LogP contribution is 2.36. The van der Waals surface area contributed by atoms with Gasteiger partial charge in [-0.2, -0.15) is 0 Å². The highest BCUT2D eigenvalue weighted by Gasteiger charge is 2.21. The fourth-order valence-corrected chi connectivity index (χ4v) is 4.22. The number of halogens is 2. The number of hydrogen-bond acceptors (Lipinski definition) is 4. The molecule has 0 aliphatic rings. The zero-order valence-electron chi connectivity index (χ0n) is 17.9. The number of fused-ring (bicyclic) bond motifs is 1. The molecule has 33 heavy (non-hydrogen) atoms. The second kappa shape index (κ2) is 11.4. The first-order chi connectivity index (χ1) is 15.8. The van der Waals surface area contributed by atoms with Crippen molar-refractivity contribution in [3.8, 4) is 10.4 Å². The lowest BCUT2D eigenvalue weighted by atomic mass is 10.1. The van der Waals surface area contributed by atoms with Crippen molar-refractivity contribution in [3.05, 3.63) is 86.3 Å². The minimum atomic E-state index is -1.08. The number of furan rings is 1. The molecule has 4 aromatic rings. The lowest BCUT2D eigenvalue weighted by Gasteiger charge is -2.05. The molecule has 4 rings (SSSR count). The number of nitrogens with one attached hydrogen (secondary N) is 1. The molecule has 0 aliphatic heterocycles. The molecular weight excluding hydrogens is 570 g/mol. The van der Waals surface area contributed by atoms with Crippen molar-refractivity contribution in [3.63, 3.8) is 0 Å². The maximum absolute atomic E-state index is 12.5. The van der Waals surface area contributed by atoms with Crippen LogP contribution in [0.2, 0.25) is 0 Å². The molecule has 0 spiro atoms. The number of amides is 1. The predicted octanol–water partition coefficient (Wildman–Crippen LogP) is 8.11. The molecule has 0 saturated heterocycles. The fraction of sp³-hybridized carbons (Fsp3) is 0.120. The number of carboxylic acid groups (broad SMARTS) is 1. The van der Waals surface area contributed by atoms with Gasteiger partial charge in [0.1, 0.15) is 16.9 Å². The molecule has 0 unspecified atom stereocenters. The van der Waals surface area contributed by atoms with E-state index in [4.69, 9.17) is 4.42 Å². The Morgan fingerprint density at radius 2 is 1.82 bits per heavy atom. The number of thiophene rings is 1. The normalized spacial score (nSPS) is 11.1. The SMILES string of the molecule is C/C=C(\C)Br.O=C(Cc1cc2ccccc2o1)Nc1csc(-c2ccc(Br)cc2)c1C(=O)O. The smallest absolute Gasteiger partial charge is 0.339 e. The number of carboxylic acids is 1. The van der Waals surface area contributed by atoms with Crippen LogP contribution in [0.4, 0.5) is 5.69 Å². The van der Waals surface area contributed by atoms with Gasteiger partial charge < -0.3 is 14.8 Å². The van der Waals surface area contributed by atoms with Crippen molar-refractivity contribution in [2.24, 2.45) is 0 Å². The zero-order chi connectivity index (χ0) is 24.0. The molecule has 0 radical (unpaired) electrons. The molecule has 2 N–H and O–H groups in total.